The molecule has 2 aromatic rings. The first kappa shape index (κ1) is 16.5. The predicted octanol–water partition coefficient (Wildman–Crippen LogP) is 3.50. The molecule has 138 valence electrons. The molecule has 3 aliphatic rings. The summed E-state index contributed by atoms with van der Waals surface area (Å²) in [6.07, 6.45) is 2.06. The predicted molar refractivity (Wildman–Crippen MR) is 96.7 cm³/mol. The van der Waals surface area contributed by atoms with Crippen LogP contribution < -0.4 is 10.1 Å². The lowest BCUT2D eigenvalue weighted by Crippen LogP contribution is -2.44. The van der Waals surface area contributed by atoms with Crippen LogP contribution in [0.4, 0.5) is 4.39 Å². The molecule has 1 spiro atoms. The molecule has 4 atom stereocenters. The van der Waals surface area contributed by atoms with Crippen LogP contribution in [0.2, 0.25) is 0 Å². The molecule has 2 fully saturated rings. The van der Waals surface area contributed by atoms with Gasteiger partial charge in [0.2, 0.25) is 5.91 Å². The Kier molecular flexibility index (Phi) is 3.61. The third-order valence-corrected chi connectivity index (χ3v) is 6.30. The Hall–Kier alpha value is -2.69. The summed E-state index contributed by atoms with van der Waals surface area (Å²) in [5.41, 5.74) is 0.831. The molecule has 1 amide bonds. The van der Waals surface area contributed by atoms with Gasteiger partial charge in [0.1, 0.15) is 17.2 Å². The van der Waals surface area contributed by atoms with Gasteiger partial charge in [0.15, 0.2) is 5.78 Å². The summed E-state index contributed by atoms with van der Waals surface area (Å²) < 4.78 is 19.6. The van der Waals surface area contributed by atoms with E-state index in [0.29, 0.717) is 24.3 Å². The van der Waals surface area contributed by atoms with Gasteiger partial charge in [0.25, 0.3) is 0 Å². The fourth-order valence-electron chi connectivity index (χ4n) is 5.07. The van der Waals surface area contributed by atoms with Crippen molar-refractivity contribution in [2.45, 2.75) is 31.4 Å². The van der Waals surface area contributed by atoms with E-state index in [4.69, 9.17) is 4.74 Å². The fourth-order valence-corrected chi connectivity index (χ4v) is 5.07. The summed E-state index contributed by atoms with van der Waals surface area (Å²) in [6, 6.07) is 13.6. The molecule has 4 nitrogen and oxygen atoms in total. The van der Waals surface area contributed by atoms with Gasteiger partial charge in [-0.15, -0.1) is 0 Å². The second-order valence-electron chi connectivity index (χ2n) is 7.86. The summed E-state index contributed by atoms with van der Waals surface area (Å²) in [6.45, 7) is 0.308. The summed E-state index contributed by atoms with van der Waals surface area (Å²) in [5.74, 6) is 0.645. The Labute approximate surface area is 156 Å². The van der Waals surface area contributed by atoms with Crippen molar-refractivity contribution >= 4 is 11.7 Å². The van der Waals surface area contributed by atoms with E-state index in [1.807, 2.05) is 18.2 Å². The number of nitrogens with one attached hydrogen (secondary N) is 1. The first-order chi connectivity index (χ1) is 13.1. The molecule has 27 heavy (non-hydrogen) atoms. The van der Waals surface area contributed by atoms with E-state index < -0.39 is 5.60 Å². The van der Waals surface area contributed by atoms with Gasteiger partial charge in [-0.2, -0.15) is 0 Å². The van der Waals surface area contributed by atoms with Crippen molar-refractivity contribution in [3.8, 4) is 5.75 Å². The molecule has 2 aliphatic carbocycles. The highest BCUT2D eigenvalue weighted by Gasteiger charge is 2.70. The minimum absolute atomic E-state index is 0.0248. The topological polar surface area (TPSA) is 55.4 Å². The average molecular weight is 365 g/mol. The highest BCUT2D eigenvalue weighted by atomic mass is 19.1. The standard InChI is InChI=1S/C22H20FNO3/c23-14-5-3-4-13(10-14)12-24-21(26)19-16-8-9-22(20(16)19)11-17(25)15-6-1-2-7-18(15)27-22/h1-7,10,16,19-20H,8-9,11-12H2,(H,24,26)/t16-,19+,20+,22-/m0/s1. The van der Waals surface area contributed by atoms with Crippen LogP contribution >= 0.6 is 0 Å². The molecule has 1 aliphatic heterocycles. The molecule has 2 saturated carbocycles. The maximum absolute atomic E-state index is 13.3. The van der Waals surface area contributed by atoms with Crippen LogP contribution in [0.25, 0.3) is 0 Å². The molecule has 0 saturated heterocycles. The molecule has 1 heterocycles. The van der Waals surface area contributed by atoms with Crippen LogP contribution in [-0.2, 0) is 11.3 Å². The lowest BCUT2D eigenvalue weighted by molar-refractivity contribution is -0.124. The van der Waals surface area contributed by atoms with E-state index >= 15 is 0 Å². The monoisotopic (exact) mass is 365 g/mol. The minimum Gasteiger partial charge on any atom is -0.486 e. The van der Waals surface area contributed by atoms with Crippen LogP contribution in [0.3, 0.4) is 0 Å². The Morgan fingerprint density at radius 1 is 1.22 bits per heavy atom. The van der Waals surface area contributed by atoms with Crippen LogP contribution in [0, 0.1) is 23.6 Å². The summed E-state index contributed by atoms with van der Waals surface area (Å²) in [4.78, 5) is 25.3. The number of halogens is 1. The Morgan fingerprint density at radius 3 is 2.93 bits per heavy atom. The van der Waals surface area contributed by atoms with E-state index in [-0.39, 0.29) is 35.3 Å². The van der Waals surface area contributed by atoms with Gasteiger partial charge in [-0.25, -0.2) is 4.39 Å². The molecule has 1 N–H and O–H groups in total. The number of para-hydroxylation sites is 1. The van der Waals surface area contributed by atoms with Crippen LogP contribution in [0.15, 0.2) is 48.5 Å². The zero-order chi connectivity index (χ0) is 18.6. The molecule has 0 radical (unpaired) electrons. The van der Waals surface area contributed by atoms with Crippen LogP contribution in [-0.4, -0.2) is 17.3 Å². The highest BCUT2D eigenvalue weighted by molar-refractivity contribution is 6.00. The first-order valence-corrected chi connectivity index (χ1v) is 9.41. The van der Waals surface area contributed by atoms with Crippen molar-refractivity contribution in [2.24, 2.45) is 17.8 Å². The Balaban J connectivity index is 1.30. The molecule has 5 heteroatoms. The van der Waals surface area contributed by atoms with E-state index in [1.165, 1.54) is 12.1 Å². The third kappa shape index (κ3) is 2.64. The highest BCUT2D eigenvalue weighted by Crippen LogP contribution is 2.65. The number of hydrogen-bond acceptors (Lipinski definition) is 3. The molecule has 0 aromatic heterocycles. The van der Waals surface area contributed by atoms with Crippen molar-refractivity contribution in [3.63, 3.8) is 0 Å². The lowest BCUT2D eigenvalue weighted by atomic mass is 9.84. The number of rotatable bonds is 3. The Bertz CT molecular complexity index is 943. The van der Waals surface area contributed by atoms with Gasteiger partial charge in [0, 0.05) is 18.4 Å². The van der Waals surface area contributed by atoms with Gasteiger partial charge in [-0.1, -0.05) is 24.3 Å². The molecule has 0 unspecified atom stereocenters. The number of ether oxygens (including phenoxy) is 1. The average Bonchev–Trinajstić information content (AvgIpc) is 3.31. The van der Waals surface area contributed by atoms with Crippen LogP contribution in [0.1, 0.15) is 35.2 Å². The molecular formula is C22H20FNO3. The summed E-state index contributed by atoms with van der Waals surface area (Å²) >= 11 is 0. The SMILES string of the molecule is O=C1C[C@]2(CC[C@H]3[C@@H](C(=O)NCc4cccc(F)c4)[C@@H]32)Oc2ccccc21. The number of hydrogen-bond donors (Lipinski definition) is 1. The largest absolute Gasteiger partial charge is 0.486 e. The molecule has 2 aromatic carbocycles. The van der Waals surface area contributed by atoms with Crippen molar-refractivity contribution in [2.75, 3.05) is 0 Å². The first-order valence-electron chi connectivity index (χ1n) is 9.41. The number of Topliss-reactive ketones (excluding diaryl/α,β-unsaturated/α-hetero) is 1. The van der Waals surface area contributed by atoms with Gasteiger partial charge < -0.3 is 10.1 Å². The summed E-state index contributed by atoms with van der Waals surface area (Å²) in [7, 11) is 0. The van der Waals surface area contributed by atoms with Gasteiger partial charge in [-0.05, 0) is 48.6 Å². The zero-order valence-electron chi connectivity index (χ0n) is 14.8. The number of ketones is 1. The van der Waals surface area contributed by atoms with Gasteiger partial charge in [0.05, 0.1) is 12.0 Å². The van der Waals surface area contributed by atoms with Crippen molar-refractivity contribution < 1.29 is 18.7 Å². The van der Waals surface area contributed by atoms with Gasteiger partial charge >= 0.3 is 0 Å². The van der Waals surface area contributed by atoms with Crippen molar-refractivity contribution in [1.29, 1.82) is 0 Å². The van der Waals surface area contributed by atoms with Crippen molar-refractivity contribution in [1.82, 2.24) is 5.32 Å². The molecular weight excluding hydrogens is 345 g/mol. The summed E-state index contributed by atoms with van der Waals surface area (Å²) in [5, 5.41) is 2.92. The number of carbonyl (C=O) groups excluding carboxylic acids is 2. The smallest absolute Gasteiger partial charge is 0.224 e. The number of fused-ring (bicyclic) bond motifs is 3. The van der Waals surface area contributed by atoms with Gasteiger partial charge in [-0.3, -0.25) is 9.59 Å². The quantitative estimate of drug-likeness (QED) is 0.906. The number of carbonyl (C=O) groups is 2. The number of benzene rings is 2. The second-order valence-corrected chi connectivity index (χ2v) is 7.86. The second kappa shape index (κ2) is 5.91. The molecule has 0 bridgehead atoms. The number of amides is 1. The minimum atomic E-state index is -0.545. The fraction of sp³-hybridized carbons (Fsp3) is 0.364. The third-order valence-electron chi connectivity index (χ3n) is 6.30. The zero-order valence-corrected chi connectivity index (χ0v) is 14.8. The molecule has 5 rings (SSSR count). The van der Waals surface area contributed by atoms with Crippen molar-refractivity contribution in [3.05, 3.63) is 65.5 Å². The van der Waals surface area contributed by atoms with E-state index in [2.05, 4.69) is 5.32 Å². The van der Waals surface area contributed by atoms with E-state index in [0.717, 1.165) is 18.4 Å². The van der Waals surface area contributed by atoms with E-state index in [1.54, 1.807) is 18.2 Å². The van der Waals surface area contributed by atoms with Crippen LogP contribution in [0.5, 0.6) is 5.75 Å². The maximum atomic E-state index is 13.3. The normalized spacial score (nSPS) is 30.4. The Morgan fingerprint density at radius 2 is 2.07 bits per heavy atom. The maximum Gasteiger partial charge on any atom is 0.224 e. The van der Waals surface area contributed by atoms with E-state index in [9.17, 15) is 14.0 Å². The lowest BCUT2D eigenvalue weighted by Gasteiger charge is -2.37.